The van der Waals surface area contributed by atoms with E-state index in [-0.39, 0.29) is 5.69 Å². The molecule has 7 nitrogen and oxygen atoms in total. The van der Waals surface area contributed by atoms with Crippen LogP contribution in [0.25, 0.3) is 0 Å². The van der Waals surface area contributed by atoms with Gasteiger partial charge in [-0.2, -0.15) is 0 Å². The maximum Gasteiger partial charge on any atom is 0.360 e. The fraction of sp³-hybridized carbons (Fsp3) is 0.429. The Morgan fingerprint density at radius 2 is 2.19 bits per heavy atom. The molecule has 2 aromatic rings. The third kappa shape index (κ3) is 3.18. The topological polar surface area (TPSA) is 79.1 Å². The minimum atomic E-state index is -0.470. The molecule has 0 saturated carbocycles. The molecule has 2 aromatic heterocycles. The SMILES string of the molecule is CCCc1c(C(=O)OC)nnn1Cc1cccnc1OC. The van der Waals surface area contributed by atoms with Crippen molar-refractivity contribution in [1.82, 2.24) is 20.0 Å². The molecule has 2 heterocycles. The number of ether oxygens (including phenoxy) is 2. The van der Waals surface area contributed by atoms with Crippen molar-refractivity contribution in [2.24, 2.45) is 0 Å². The molecule has 0 fully saturated rings. The van der Waals surface area contributed by atoms with Crippen molar-refractivity contribution < 1.29 is 14.3 Å². The summed E-state index contributed by atoms with van der Waals surface area (Å²) in [5.41, 5.74) is 1.90. The van der Waals surface area contributed by atoms with Crippen LogP contribution in [0.4, 0.5) is 0 Å². The highest BCUT2D eigenvalue weighted by atomic mass is 16.5. The first-order valence-corrected chi connectivity index (χ1v) is 6.69. The molecule has 2 rings (SSSR count). The average Bonchev–Trinajstić information content (AvgIpc) is 2.90. The summed E-state index contributed by atoms with van der Waals surface area (Å²) >= 11 is 0. The van der Waals surface area contributed by atoms with Gasteiger partial charge in [-0.3, -0.25) is 0 Å². The van der Waals surface area contributed by atoms with E-state index >= 15 is 0 Å². The van der Waals surface area contributed by atoms with E-state index in [1.165, 1.54) is 7.11 Å². The van der Waals surface area contributed by atoms with Crippen LogP contribution in [0.1, 0.15) is 35.1 Å². The van der Waals surface area contributed by atoms with E-state index in [0.29, 0.717) is 18.8 Å². The second kappa shape index (κ2) is 6.83. The molecule has 0 unspecified atom stereocenters. The van der Waals surface area contributed by atoms with E-state index in [1.54, 1.807) is 18.0 Å². The Hall–Kier alpha value is -2.44. The van der Waals surface area contributed by atoms with Gasteiger partial charge in [0.2, 0.25) is 5.88 Å². The molecule has 0 bridgehead atoms. The molecule has 0 saturated heterocycles. The minimum Gasteiger partial charge on any atom is -0.481 e. The molecule has 7 heteroatoms. The van der Waals surface area contributed by atoms with Crippen LogP contribution >= 0.6 is 0 Å². The molecule has 0 N–H and O–H groups in total. The van der Waals surface area contributed by atoms with Crippen LogP contribution in [0, 0.1) is 0 Å². The molecule has 112 valence electrons. The molecule has 0 aromatic carbocycles. The standard InChI is InChI=1S/C14H18N4O3/c1-4-6-11-12(14(19)21-3)16-17-18(11)9-10-7-5-8-15-13(10)20-2/h5,7-8H,4,6,9H2,1-3H3. The second-order valence-corrected chi connectivity index (χ2v) is 4.46. The highest BCUT2D eigenvalue weighted by Gasteiger charge is 2.20. The fourth-order valence-corrected chi connectivity index (χ4v) is 2.09. The van der Waals surface area contributed by atoms with Gasteiger partial charge < -0.3 is 9.47 Å². The van der Waals surface area contributed by atoms with Gasteiger partial charge in [-0.05, 0) is 12.5 Å². The zero-order valence-corrected chi connectivity index (χ0v) is 12.4. The highest BCUT2D eigenvalue weighted by molar-refractivity contribution is 5.88. The quantitative estimate of drug-likeness (QED) is 0.750. The molecule has 0 atom stereocenters. The number of nitrogens with zero attached hydrogens (tertiary/aromatic N) is 4. The Morgan fingerprint density at radius 1 is 1.38 bits per heavy atom. The van der Waals surface area contributed by atoms with Gasteiger partial charge in [0.1, 0.15) is 0 Å². The molecule has 0 aliphatic heterocycles. The van der Waals surface area contributed by atoms with Crippen molar-refractivity contribution in [2.45, 2.75) is 26.3 Å². The number of hydrogen-bond acceptors (Lipinski definition) is 6. The van der Waals surface area contributed by atoms with E-state index in [9.17, 15) is 4.79 Å². The summed E-state index contributed by atoms with van der Waals surface area (Å²) in [4.78, 5) is 15.9. The highest BCUT2D eigenvalue weighted by Crippen LogP contribution is 2.17. The van der Waals surface area contributed by atoms with Gasteiger partial charge in [-0.25, -0.2) is 14.5 Å². The summed E-state index contributed by atoms with van der Waals surface area (Å²) in [6.07, 6.45) is 3.23. The molecule has 0 aliphatic rings. The molecular formula is C14H18N4O3. The first-order valence-electron chi connectivity index (χ1n) is 6.69. The monoisotopic (exact) mass is 290 g/mol. The smallest absolute Gasteiger partial charge is 0.360 e. The fourth-order valence-electron chi connectivity index (χ4n) is 2.09. The van der Waals surface area contributed by atoms with E-state index in [1.807, 2.05) is 19.1 Å². The Kier molecular flexibility index (Phi) is 4.86. The maximum atomic E-state index is 11.7. The van der Waals surface area contributed by atoms with Crippen LogP contribution in [0.3, 0.4) is 0 Å². The molecule has 21 heavy (non-hydrogen) atoms. The van der Waals surface area contributed by atoms with Gasteiger partial charge >= 0.3 is 5.97 Å². The van der Waals surface area contributed by atoms with Crippen LogP contribution in [0.5, 0.6) is 5.88 Å². The number of carbonyl (C=O) groups excluding carboxylic acids is 1. The number of methoxy groups -OCH3 is 2. The molecule has 0 amide bonds. The third-order valence-corrected chi connectivity index (χ3v) is 3.07. The van der Waals surface area contributed by atoms with Crippen LogP contribution in [0.2, 0.25) is 0 Å². The maximum absolute atomic E-state index is 11.7. The largest absolute Gasteiger partial charge is 0.481 e. The molecule has 0 radical (unpaired) electrons. The molecular weight excluding hydrogens is 272 g/mol. The zero-order valence-electron chi connectivity index (χ0n) is 12.4. The van der Waals surface area contributed by atoms with E-state index < -0.39 is 5.97 Å². The van der Waals surface area contributed by atoms with Crippen LogP contribution in [-0.4, -0.2) is 40.2 Å². The van der Waals surface area contributed by atoms with E-state index in [0.717, 1.165) is 17.7 Å². The summed E-state index contributed by atoms with van der Waals surface area (Å²) in [6.45, 7) is 2.47. The lowest BCUT2D eigenvalue weighted by atomic mass is 10.2. The average molecular weight is 290 g/mol. The van der Waals surface area contributed by atoms with Crippen LogP contribution in [-0.2, 0) is 17.7 Å². The Labute approximate surface area is 122 Å². The normalized spacial score (nSPS) is 10.4. The molecule has 0 aliphatic carbocycles. The zero-order chi connectivity index (χ0) is 15.2. The number of esters is 1. The number of aromatic nitrogens is 4. The number of carbonyl (C=O) groups is 1. The Morgan fingerprint density at radius 3 is 2.86 bits per heavy atom. The summed E-state index contributed by atoms with van der Waals surface area (Å²) in [7, 11) is 2.90. The number of rotatable bonds is 6. The van der Waals surface area contributed by atoms with E-state index in [2.05, 4.69) is 15.3 Å². The third-order valence-electron chi connectivity index (χ3n) is 3.07. The minimum absolute atomic E-state index is 0.266. The van der Waals surface area contributed by atoms with Crippen molar-refractivity contribution in [2.75, 3.05) is 14.2 Å². The lowest BCUT2D eigenvalue weighted by Crippen LogP contribution is -2.11. The summed E-state index contributed by atoms with van der Waals surface area (Å²) in [6, 6.07) is 3.73. The van der Waals surface area contributed by atoms with E-state index in [4.69, 9.17) is 9.47 Å². The lowest BCUT2D eigenvalue weighted by molar-refractivity contribution is 0.0592. The summed E-state index contributed by atoms with van der Waals surface area (Å²) in [5.74, 6) is 0.0675. The van der Waals surface area contributed by atoms with Gasteiger partial charge in [-0.1, -0.05) is 24.6 Å². The van der Waals surface area contributed by atoms with Gasteiger partial charge in [0.05, 0.1) is 26.5 Å². The predicted octanol–water partition coefficient (Wildman–Crippen LogP) is 1.47. The molecule has 0 spiro atoms. The van der Waals surface area contributed by atoms with Crippen molar-refractivity contribution in [3.8, 4) is 5.88 Å². The van der Waals surface area contributed by atoms with Crippen LogP contribution in [0.15, 0.2) is 18.3 Å². The van der Waals surface area contributed by atoms with Crippen molar-refractivity contribution in [3.05, 3.63) is 35.3 Å². The first kappa shape index (κ1) is 15.0. The summed E-state index contributed by atoms with van der Waals surface area (Å²) < 4.78 is 11.7. The van der Waals surface area contributed by atoms with Crippen LogP contribution < -0.4 is 4.74 Å². The van der Waals surface area contributed by atoms with Gasteiger partial charge in [0.15, 0.2) is 5.69 Å². The van der Waals surface area contributed by atoms with Crippen molar-refractivity contribution in [1.29, 1.82) is 0 Å². The summed E-state index contributed by atoms with van der Waals surface area (Å²) in [5, 5.41) is 7.99. The van der Waals surface area contributed by atoms with Gasteiger partial charge in [-0.15, -0.1) is 5.10 Å². The Bertz CT molecular complexity index is 624. The number of pyridine rings is 1. The number of hydrogen-bond donors (Lipinski definition) is 0. The van der Waals surface area contributed by atoms with Gasteiger partial charge in [0.25, 0.3) is 0 Å². The predicted molar refractivity (Wildman–Crippen MR) is 75.2 cm³/mol. The lowest BCUT2D eigenvalue weighted by Gasteiger charge is -2.09. The first-order chi connectivity index (χ1) is 10.2. The van der Waals surface area contributed by atoms with Gasteiger partial charge in [0, 0.05) is 11.8 Å². The Balaban J connectivity index is 2.35. The second-order valence-electron chi connectivity index (χ2n) is 4.46. The van der Waals surface area contributed by atoms with Crippen molar-refractivity contribution >= 4 is 5.97 Å². The van der Waals surface area contributed by atoms with Crippen molar-refractivity contribution in [3.63, 3.8) is 0 Å².